The Morgan fingerprint density at radius 1 is 1.10 bits per heavy atom. The van der Waals surface area contributed by atoms with E-state index in [4.69, 9.17) is 11.6 Å². The quantitative estimate of drug-likeness (QED) is 0.378. The van der Waals surface area contributed by atoms with Gasteiger partial charge in [-0.1, -0.05) is 23.7 Å². The zero-order valence-electron chi connectivity index (χ0n) is 16.3. The number of hydrogen-bond acceptors (Lipinski definition) is 5. The maximum atomic E-state index is 12.6. The third-order valence-corrected chi connectivity index (χ3v) is 7.28. The van der Waals surface area contributed by atoms with Gasteiger partial charge in [-0.2, -0.15) is 5.10 Å². The van der Waals surface area contributed by atoms with Crippen molar-refractivity contribution >= 4 is 57.5 Å². The van der Waals surface area contributed by atoms with E-state index in [2.05, 4.69) is 15.8 Å². The molecule has 2 aromatic heterocycles. The first-order valence-corrected chi connectivity index (χ1v) is 11.7. The smallest absolute Gasteiger partial charge is 0.272 e. The van der Waals surface area contributed by atoms with Gasteiger partial charge in [0.15, 0.2) is 0 Å². The predicted octanol–water partition coefficient (Wildman–Crippen LogP) is 5.75. The van der Waals surface area contributed by atoms with Gasteiger partial charge in [-0.15, -0.1) is 22.7 Å². The average Bonchev–Trinajstić information content (AvgIpc) is 3.38. The number of halogens is 1. The van der Waals surface area contributed by atoms with Crippen LogP contribution in [-0.4, -0.2) is 17.5 Å². The summed E-state index contributed by atoms with van der Waals surface area (Å²) in [6.45, 7) is 1.82. The number of amides is 2. The van der Waals surface area contributed by atoms with Crippen LogP contribution in [0.4, 0.5) is 5.69 Å². The molecule has 1 aliphatic carbocycles. The molecule has 0 radical (unpaired) electrons. The lowest BCUT2D eigenvalue weighted by molar-refractivity contribution is 0.0953. The number of aryl methyl sites for hydroxylation is 1. The molecule has 3 aromatic rings. The Balaban J connectivity index is 1.44. The number of nitrogens with zero attached hydrogens (tertiary/aromatic N) is 1. The number of nitrogens with one attached hydrogen (secondary N) is 2. The minimum absolute atomic E-state index is 0.173. The topological polar surface area (TPSA) is 70.6 Å². The van der Waals surface area contributed by atoms with E-state index in [9.17, 15) is 9.59 Å². The summed E-state index contributed by atoms with van der Waals surface area (Å²) in [5.74, 6) is -0.387. The van der Waals surface area contributed by atoms with Gasteiger partial charge in [0, 0.05) is 15.9 Å². The van der Waals surface area contributed by atoms with Crippen molar-refractivity contribution in [2.75, 3.05) is 5.32 Å². The predicted molar refractivity (Wildman–Crippen MR) is 124 cm³/mol. The van der Waals surface area contributed by atoms with Gasteiger partial charge in [0.1, 0.15) is 0 Å². The van der Waals surface area contributed by atoms with Gasteiger partial charge >= 0.3 is 0 Å². The number of benzene rings is 1. The molecule has 0 unspecified atom stereocenters. The number of carbonyl (C=O) groups is 2. The molecule has 30 heavy (non-hydrogen) atoms. The van der Waals surface area contributed by atoms with Crippen LogP contribution in [0.15, 0.2) is 46.9 Å². The lowest BCUT2D eigenvalue weighted by Gasteiger charge is -2.12. The Morgan fingerprint density at radius 2 is 1.93 bits per heavy atom. The largest absolute Gasteiger partial charge is 0.321 e. The molecule has 2 N–H and O–H groups in total. The van der Waals surface area contributed by atoms with Crippen LogP contribution in [0.2, 0.25) is 4.34 Å². The molecule has 0 bridgehead atoms. The number of hydrazone groups is 1. The molecule has 0 saturated heterocycles. The lowest BCUT2D eigenvalue weighted by atomic mass is 9.96. The number of fused-ring (bicyclic) bond motifs is 1. The van der Waals surface area contributed by atoms with Crippen LogP contribution in [0.3, 0.4) is 0 Å². The maximum absolute atomic E-state index is 12.6. The number of carbonyl (C=O) groups excluding carboxylic acids is 2. The van der Waals surface area contributed by atoms with Gasteiger partial charge in [-0.05, 0) is 68.0 Å². The third kappa shape index (κ3) is 4.64. The van der Waals surface area contributed by atoms with Crippen molar-refractivity contribution in [2.24, 2.45) is 5.10 Å². The SMILES string of the molecule is C/C(=N\NC(=O)c1csc2c1CCCC2)c1cccc(NC(=O)c2ccc(Cl)s2)c1. The summed E-state index contributed by atoms with van der Waals surface area (Å²) < 4.78 is 0.569. The van der Waals surface area contributed by atoms with Crippen LogP contribution in [-0.2, 0) is 12.8 Å². The van der Waals surface area contributed by atoms with Gasteiger partial charge in [0.05, 0.1) is 20.5 Å². The first-order chi connectivity index (χ1) is 14.5. The summed E-state index contributed by atoms with van der Waals surface area (Å²) in [5, 5.41) is 9.07. The molecule has 154 valence electrons. The van der Waals surface area contributed by atoms with Crippen molar-refractivity contribution in [3.8, 4) is 0 Å². The van der Waals surface area contributed by atoms with E-state index in [1.165, 1.54) is 28.2 Å². The Kier molecular flexibility index (Phi) is 6.32. The molecular weight excluding hydrogens is 438 g/mol. The average molecular weight is 458 g/mol. The Labute approximate surface area is 187 Å². The van der Waals surface area contributed by atoms with E-state index in [0.29, 0.717) is 20.6 Å². The van der Waals surface area contributed by atoms with Crippen molar-refractivity contribution in [1.29, 1.82) is 0 Å². The molecule has 1 aliphatic rings. The van der Waals surface area contributed by atoms with Gasteiger partial charge in [-0.3, -0.25) is 9.59 Å². The van der Waals surface area contributed by atoms with Crippen LogP contribution in [0.1, 0.15) is 55.8 Å². The minimum Gasteiger partial charge on any atom is -0.321 e. The molecule has 0 aliphatic heterocycles. The molecular formula is C22H20ClN3O2S2. The highest BCUT2D eigenvalue weighted by Crippen LogP contribution is 2.30. The van der Waals surface area contributed by atoms with Crippen molar-refractivity contribution in [1.82, 2.24) is 5.43 Å². The molecule has 5 nitrogen and oxygen atoms in total. The Bertz CT molecular complexity index is 1130. The van der Waals surface area contributed by atoms with Crippen LogP contribution >= 0.6 is 34.3 Å². The fourth-order valence-corrected chi connectivity index (χ4v) is 5.46. The number of hydrogen-bond donors (Lipinski definition) is 2. The molecule has 0 spiro atoms. The monoisotopic (exact) mass is 457 g/mol. The fraction of sp³-hybridized carbons (Fsp3) is 0.227. The van der Waals surface area contributed by atoms with Crippen molar-refractivity contribution in [2.45, 2.75) is 32.6 Å². The fourth-order valence-electron chi connectivity index (χ4n) is 3.39. The molecule has 1 aromatic carbocycles. The van der Waals surface area contributed by atoms with Crippen LogP contribution in [0, 0.1) is 0 Å². The Hall–Kier alpha value is -2.48. The van der Waals surface area contributed by atoms with E-state index >= 15 is 0 Å². The summed E-state index contributed by atoms with van der Waals surface area (Å²) in [7, 11) is 0. The van der Waals surface area contributed by atoms with E-state index < -0.39 is 0 Å². The first kappa shape index (κ1) is 20.8. The summed E-state index contributed by atoms with van der Waals surface area (Å²) in [6.07, 6.45) is 4.34. The zero-order valence-corrected chi connectivity index (χ0v) is 18.7. The molecule has 0 saturated carbocycles. The molecule has 8 heteroatoms. The van der Waals surface area contributed by atoms with Gasteiger partial charge in [0.25, 0.3) is 11.8 Å². The van der Waals surface area contributed by atoms with Crippen LogP contribution < -0.4 is 10.7 Å². The highest BCUT2D eigenvalue weighted by atomic mass is 35.5. The van der Waals surface area contributed by atoms with Crippen molar-refractivity contribution in [3.63, 3.8) is 0 Å². The molecule has 0 atom stereocenters. The van der Waals surface area contributed by atoms with Crippen molar-refractivity contribution in [3.05, 3.63) is 72.6 Å². The number of rotatable bonds is 5. The summed E-state index contributed by atoms with van der Waals surface area (Å²) >= 11 is 8.79. The van der Waals surface area contributed by atoms with E-state index in [1.807, 2.05) is 30.5 Å². The molecule has 2 heterocycles. The zero-order chi connectivity index (χ0) is 21.1. The second-order valence-electron chi connectivity index (χ2n) is 7.04. The number of anilines is 1. The molecule has 4 rings (SSSR count). The van der Waals surface area contributed by atoms with Crippen molar-refractivity contribution < 1.29 is 9.59 Å². The van der Waals surface area contributed by atoms with E-state index in [0.717, 1.165) is 30.4 Å². The normalized spacial score (nSPS) is 13.6. The highest BCUT2D eigenvalue weighted by molar-refractivity contribution is 7.18. The van der Waals surface area contributed by atoms with Gasteiger partial charge in [-0.25, -0.2) is 5.43 Å². The number of thiophene rings is 2. The first-order valence-electron chi connectivity index (χ1n) is 9.62. The second-order valence-corrected chi connectivity index (χ2v) is 9.71. The molecule has 2 amide bonds. The van der Waals surface area contributed by atoms with E-state index in [-0.39, 0.29) is 11.8 Å². The van der Waals surface area contributed by atoms with Crippen LogP contribution in [0.5, 0.6) is 0 Å². The second kappa shape index (κ2) is 9.12. The van der Waals surface area contributed by atoms with Crippen LogP contribution in [0.25, 0.3) is 0 Å². The highest BCUT2D eigenvalue weighted by Gasteiger charge is 2.20. The van der Waals surface area contributed by atoms with E-state index in [1.54, 1.807) is 29.5 Å². The standard InChI is InChI=1S/C22H20ClN3O2S2/c1-13(25-26-21(27)17-12-29-18-8-3-2-7-16(17)18)14-5-4-6-15(11-14)24-22(28)19-9-10-20(23)30-19/h4-6,9-12H,2-3,7-8H2,1H3,(H,24,28)(H,26,27)/b25-13+. The Morgan fingerprint density at radius 3 is 2.73 bits per heavy atom. The van der Waals surface area contributed by atoms with Gasteiger partial charge < -0.3 is 5.32 Å². The third-order valence-electron chi connectivity index (χ3n) is 4.97. The lowest BCUT2D eigenvalue weighted by Crippen LogP contribution is -2.20. The summed E-state index contributed by atoms with van der Waals surface area (Å²) in [5.41, 5.74) is 6.70. The summed E-state index contributed by atoms with van der Waals surface area (Å²) in [4.78, 5) is 26.8. The minimum atomic E-state index is -0.214. The van der Waals surface area contributed by atoms with Gasteiger partial charge in [0.2, 0.25) is 0 Å². The molecule has 0 fully saturated rings. The maximum Gasteiger partial charge on any atom is 0.272 e. The summed E-state index contributed by atoms with van der Waals surface area (Å²) in [6, 6.07) is 10.7.